The zero-order valence-corrected chi connectivity index (χ0v) is 7.78. The average Bonchev–Trinajstić information content (AvgIpc) is 2.25. The van der Waals surface area contributed by atoms with Gasteiger partial charge in [-0.1, -0.05) is 12.1 Å². The first-order chi connectivity index (χ1) is 5.61. The summed E-state index contributed by atoms with van der Waals surface area (Å²) >= 11 is 0. The van der Waals surface area contributed by atoms with Crippen molar-refractivity contribution in [2.24, 2.45) is 0 Å². The summed E-state index contributed by atoms with van der Waals surface area (Å²) in [5, 5.41) is -0.134. The standard InChI is InChI=1S/C8H6O2S2/c1-12(10)7-5-3-2-4-6(7)8(9)11-12/h2-5H,1H2. The lowest BCUT2D eigenvalue weighted by molar-refractivity contribution is 0.108. The van der Waals surface area contributed by atoms with Crippen LogP contribution >= 0.6 is 10.8 Å². The molecule has 1 unspecified atom stereocenters. The number of rotatable bonds is 0. The van der Waals surface area contributed by atoms with Crippen molar-refractivity contribution in [1.29, 1.82) is 0 Å². The van der Waals surface area contributed by atoms with Gasteiger partial charge in [-0.2, -0.15) is 0 Å². The van der Waals surface area contributed by atoms with E-state index in [9.17, 15) is 9.00 Å². The second kappa shape index (κ2) is 2.37. The molecule has 0 radical (unpaired) electrons. The number of carbonyl (C=O) groups is 1. The van der Waals surface area contributed by atoms with Crippen LogP contribution in [0.2, 0.25) is 0 Å². The van der Waals surface area contributed by atoms with Crippen molar-refractivity contribution >= 4 is 30.3 Å². The van der Waals surface area contributed by atoms with Gasteiger partial charge in [0.05, 0.1) is 13.4 Å². The fourth-order valence-corrected chi connectivity index (χ4v) is 4.28. The summed E-state index contributed by atoms with van der Waals surface area (Å²) in [5.74, 6) is 3.53. The highest BCUT2D eigenvalue weighted by Gasteiger charge is 2.28. The van der Waals surface area contributed by atoms with E-state index in [4.69, 9.17) is 0 Å². The molecule has 12 heavy (non-hydrogen) atoms. The van der Waals surface area contributed by atoms with Crippen LogP contribution in [0, 0.1) is 0 Å². The molecule has 0 fully saturated rings. The largest absolute Gasteiger partial charge is 0.281 e. The van der Waals surface area contributed by atoms with Crippen LogP contribution in [0.4, 0.5) is 0 Å². The zero-order chi connectivity index (χ0) is 8.77. The number of benzene rings is 1. The van der Waals surface area contributed by atoms with Crippen molar-refractivity contribution in [3.05, 3.63) is 29.8 Å². The Bertz CT molecular complexity index is 446. The van der Waals surface area contributed by atoms with Gasteiger partial charge in [-0.05, 0) is 18.0 Å². The van der Waals surface area contributed by atoms with Crippen LogP contribution in [0.1, 0.15) is 10.4 Å². The molecule has 2 nitrogen and oxygen atoms in total. The highest BCUT2D eigenvalue weighted by Crippen LogP contribution is 2.37. The van der Waals surface area contributed by atoms with Crippen molar-refractivity contribution in [3.8, 4) is 0 Å². The third kappa shape index (κ3) is 0.990. The molecule has 0 N–H and O–H groups in total. The Morgan fingerprint density at radius 2 is 2.00 bits per heavy atom. The molecule has 1 aliphatic rings. The third-order valence-corrected chi connectivity index (χ3v) is 5.12. The fraction of sp³-hybridized carbons (Fsp3) is 0. The van der Waals surface area contributed by atoms with Gasteiger partial charge in [-0.15, -0.1) is 0 Å². The topological polar surface area (TPSA) is 34.1 Å². The molecule has 0 aliphatic carbocycles. The van der Waals surface area contributed by atoms with Crippen LogP contribution in [-0.4, -0.2) is 15.2 Å². The van der Waals surface area contributed by atoms with Gasteiger partial charge in [0.25, 0.3) is 0 Å². The van der Waals surface area contributed by atoms with E-state index in [1.807, 2.05) is 0 Å². The predicted molar refractivity (Wildman–Crippen MR) is 51.9 cm³/mol. The molecule has 0 bridgehead atoms. The van der Waals surface area contributed by atoms with Crippen LogP contribution in [0.3, 0.4) is 0 Å². The van der Waals surface area contributed by atoms with E-state index in [1.165, 1.54) is 0 Å². The lowest BCUT2D eigenvalue weighted by atomic mass is 10.2. The molecule has 0 saturated carbocycles. The summed E-state index contributed by atoms with van der Waals surface area (Å²) in [6, 6.07) is 6.91. The van der Waals surface area contributed by atoms with Crippen LogP contribution in [0.5, 0.6) is 0 Å². The summed E-state index contributed by atoms with van der Waals surface area (Å²) in [7, 11) is -1.56. The molecule has 0 saturated heterocycles. The minimum Gasteiger partial charge on any atom is -0.281 e. The zero-order valence-electron chi connectivity index (χ0n) is 6.15. The minimum absolute atomic E-state index is 0.134. The van der Waals surface area contributed by atoms with E-state index >= 15 is 0 Å². The second-order valence-electron chi connectivity index (χ2n) is 2.48. The van der Waals surface area contributed by atoms with E-state index < -0.39 is 8.55 Å². The van der Waals surface area contributed by atoms with Crippen LogP contribution in [0.15, 0.2) is 29.2 Å². The van der Waals surface area contributed by atoms with Crippen LogP contribution in [-0.2, 0) is 8.55 Å². The summed E-state index contributed by atoms with van der Waals surface area (Å²) in [6.07, 6.45) is 0. The van der Waals surface area contributed by atoms with E-state index in [-0.39, 0.29) is 5.12 Å². The molecule has 4 heteroatoms. The van der Waals surface area contributed by atoms with Crippen molar-refractivity contribution < 1.29 is 9.00 Å². The van der Waals surface area contributed by atoms with Gasteiger partial charge >= 0.3 is 0 Å². The Morgan fingerprint density at radius 1 is 1.33 bits per heavy atom. The van der Waals surface area contributed by atoms with Crippen molar-refractivity contribution in [2.45, 2.75) is 4.90 Å². The number of hydrogen-bond donors (Lipinski definition) is 0. The fourth-order valence-electron chi connectivity index (χ4n) is 1.12. The van der Waals surface area contributed by atoms with E-state index in [1.54, 1.807) is 24.3 Å². The molecular formula is C8H6O2S2. The molecule has 0 amide bonds. The SMILES string of the molecule is C=S1(=O)SC(=O)c2ccccc21. The average molecular weight is 198 g/mol. The van der Waals surface area contributed by atoms with Gasteiger partial charge < -0.3 is 0 Å². The Balaban J connectivity index is 2.83. The maximum absolute atomic E-state index is 11.6. The van der Waals surface area contributed by atoms with Crippen LogP contribution < -0.4 is 0 Å². The number of carbonyl (C=O) groups excluding carboxylic acids is 1. The number of hydrogen-bond acceptors (Lipinski definition) is 3. The Morgan fingerprint density at radius 3 is 2.67 bits per heavy atom. The monoisotopic (exact) mass is 198 g/mol. The molecule has 0 spiro atoms. The van der Waals surface area contributed by atoms with Crippen LogP contribution in [0.25, 0.3) is 0 Å². The first-order valence-electron chi connectivity index (χ1n) is 3.31. The molecule has 2 rings (SSSR count). The van der Waals surface area contributed by atoms with Gasteiger partial charge in [0.2, 0.25) is 5.12 Å². The number of fused-ring (bicyclic) bond motifs is 1. The van der Waals surface area contributed by atoms with Crippen molar-refractivity contribution in [1.82, 2.24) is 0 Å². The summed E-state index contributed by atoms with van der Waals surface area (Å²) in [6.45, 7) is 0. The van der Waals surface area contributed by atoms with Gasteiger partial charge in [0.15, 0.2) is 0 Å². The van der Waals surface area contributed by atoms with Crippen molar-refractivity contribution in [3.63, 3.8) is 0 Å². The molecule has 1 heterocycles. The maximum atomic E-state index is 11.6. The third-order valence-electron chi connectivity index (χ3n) is 1.65. The Labute approximate surface area is 74.4 Å². The minimum atomic E-state index is -2.39. The molecule has 0 aromatic heterocycles. The molecule has 1 atom stereocenters. The smallest absolute Gasteiger partial charge is 0.233 e. The van der Waals surface area contributed by atoms with Gasteiger partial charge in [0, 0.05) is 16.4 Å². The molecular weight excluding hydrogens is 192 g/mol. The molecule has 1 aromatic carbocycles. The Hall–Kier alpha value is -0.740. The first kappa shape index (κ1) is 7.89. The van der Waals surface area contributed by atoms with E-state index in [0.29, 0.717) is 10.5 Å². The van der Waals surface area contributed by atoms with Crippen molar-refractivity contribution in [2.75, 3.05) is 0 Å². The highest BCUT2D eigenvalue weighted by atomic mass is 33.1. The predicted octanol–water partition coefficient (Wildman–Crippen LogP) is 1.56. The summed E-state index contributed by atoms with van der Waals surface area (Å²) in [4.78, 5) is 11.8. The lowest BCUT2D eigenvalue weighted by Gasteiger charge is -1.95. The summed E-state index contributed by atoms with van der Waals surface area (Å²) in [5.41, 5.74) is 0.544. The molecule has 1 aliphatic heterocycles. The second-order valence-corrected chi connectivity index (χ2v) is 6.80. The first-order valence-corrected chi connectivity index (χ1v) is 6.37. The Kier molecular flexibility index (Phi) is 1.56. The highest BCUT2D eigenvalue weighted by molar-refractivity contribution is 8.81. The normalized spacial score (nSPS) is 27.2. The lowest BCUT2D eigenvalue weighted by Crippen LogP contribution is -1.88. The molecule has 62 valence electrons. The van der Waals surface area contributed by atoms with E-state index in [2.05, 4.69) is 5.87 Å². The van der Waals surface area contributed by atoms with Gasteiger partial charge in [0.1, 0.15) is 0 Å². The van der Waals surface area contributed by atoms with Gasteiger partial charge in [-0.3, -0.25) is 9.00 Å². The summed E-state index contributed by atoms with van der Waals surface area (Å²) < 4.78 is 11.6. The maximum Gasteiger partial charge on any atom is 0.233 e. The molecule has 1 aromatic rings. The van der Waals surface area contributed by atoms with Gasteiger partial charge in [-0.25, -0.2) is 0 Å². The quantitative estimate of drug-likeness (QED) is 0.468. The van der Waals surface area contributed by atoms with E-state index in [0.717, 1.165) is 10.8 Å².